The van der Waals surface area contributed by atoms with Gasteiger partial charge in [-0.2, -0.15) is 8.78 Å². The van der Waals surface area contributed by atoms with Crippen LogP contribution in [0.25, 0.3) is 0 Å². The maximum Gasteiger partial charge on any atom is 0.387 e. The van der Waals surface area contributed by atoms with Crippen molar-refractivity contribution in [2.24, 2.45) is 5.41 Å². The molecule has 0 radical (unpaired) electrons. The molecule has 1 atom stereocenters. The Bertz CT molecular complexity index is 536. The number of nitrogens with one attached hydrogen (secondary N) is 2. The number of benzene rings is 1. The van der Waals surface area contributed by atoms with Gasteiger partial charge in [0.2, 0.25) is 0 Å². The minimum atomic E-state index is -2.92. The van der Waals surface area contributed by atoms with E-state index in [-0.39, 0.29) is 23.7 Å². The van der Waals surface area contributed by atoms with Gasteiger partial charge in [0.1, 0.15) is 5.75 Å². The van der Waals surface area contributed by atoms with Gasteiger partial charge in [0, 0.05) is 13.1 Å². The van der Waals surface area contributed by atoms with E-state index in [1.807, 2.05) is 0 Å². The molecule has 0 aromatic heterocycles. The second kappa shape index (κ2) is 7.59. The molecular formula is C16H22F2N2O3. The fraction of sp³-hybridized carbons (Fsp3) is 0.562. The van der Waals surface area contributed by atoms with Crippen molar-refractivity contribution in [2.75, 3.05) is 13.1 Å². The quantitative estimate of drug-likeness (QED) is 0.687. The molecule has 128 valence electrons. The van der Waals surface area contributed by atoms with E-state index in [4.69, 9.17) is 0 Å². The number of hydrogen-bond donors (Lipinski definition) is 3. The third-order valence-corrected chi connectivity index (χ3v) is 4.26. The third-order valence-electron chi connectivity index (χ3n) is 4.26. The van der Waals surface area contributed by atoms with Crippen LogP contribution in [0.1, 0.15) is 37.9 Å². The van der Waals surface area contributed by atoms with Gasteiger partial charge >= 0.3 is 12.6 Å². The maximum atomic E-state index is 12.2. The SMILES string of the molecule is CCC1(CNC(=O)NCC(O)c2cccc(OC(F)F)c2)CC1. The highest BCUT2D eigenvalue weighted by Crippen LogP contribution is 2.47. The van der Waals surface area contributed by atoms with Crippen LogP contribution in [0.2, 0.25) is 0 Å². The molecule has 2 rings (SSSR count). The normalized spacial score (nSPS) is 16.7. The van der Waals surface area contributed by atoms with E-state index in [0.717, 1.165) is 19.3 Å². The molecule has 1 saturated carbocycles. The molecule has 2 amide bonds. The molecular weight excluding hydrogens is 306 g/mol. The van der Waals surface area contributed by atoms with Crippen molar-refractivity contribution in [3.05, 3.63) is 29.8 Å². The minimum absolute atomic E-state index is 0.0108. The van der Waals surface area contributed by atoms with Crippen LogP contribution in [0.3, 0.4) is 0 Å². The summed E-state index contributed by atoms with van der Waals surface area (Å²) < 4.78 is 28.6. The van der Waals surface area contributed by atoms with Crippen molar-refractivity contribution >= 4 is 6.03 Å². The molecule has 1 aliphatic carbocycles. The van der Waals surface area contributed by atoms with Crippen LogP contribution < -0.4 is 15.4 Å². The van der Waals surface area contributed by atoms with E-state index in [1.165, 1.54) is 18.2 Å². The Morgan fingerprint density at radius 2 is 2.13 bits per heavy atom. The molecule has 0 saturated heterocycles. The molecule has 1 aromatic rings. The highest BCUT2D eigenvalue weighted by molar-refractivity contribution is 5.73. The van der Waals surface area contributed by atoms with Crippen LogP contribution in [0, 0.1) is 5.41 Å². The number of carbonyl (C=O) groups excluding carboxylic acids is 1. The summed E-state index contributed by atoms with van der Waals surface area (Å²) >= 11 is 0. The minimum Gasteiger partial charge on any atom is -0.435 e. The van der Waals surface area contributed by atoms with Gasteiger partial charge in [-0.1, -0.05) is 19.1 Å². The zero-order chi connectivity index (χ0) is 16.9. The smallest absolute Gasteiger partial charge is 0.387 e. The Morgan fingerprint density at radius 3 is 2.74 bits per heavy atom. The molecule has 23 heavy (non-hydrogen) atoms. The van der Waals surface area contributed by atoms with Crippen molar-refractivity contribution in [2.45, 2.75) is 38.9 Å². The fourth-order valence-electron chi connectivity index (χ4n) is 2.37. The maximum absolute atomic E-state index is 12.2. The number of amides is 2. The Balaban J connectivity index is 1.77. The highest BCUT2D eigenvalue weighted by atomic mass is 19.3. The van der Waals surface area contributed by atoms with Crippen molar-refractivity contribution in [3.63, 3.8) is 0 Å². The summed E-state index contributed by atoms with van der Waals surface area (Å²) in [5, 5.41) is 15.4. The summed E-state index contributed by atoms with van der Waals surface area (Å²) in [5.74, 6) is -0.0281. The second-order valence-corrected chi connectivity index (χ2v) is 5.88. The number of ether oxygens (including phenoxy) is 1. The van der Waals surface area contributed by atoms with Crippen LogP contribution in [0.5, 0.6) is 5.75 Å². The number of urea groups is 1. The van der Waals surface area contributed by atoms with Crippen LogP contribution in [0.15, 0.2) is 24.3 Å². The van der Waals surface area contributed by atoms with E-state index in [9.17, 15) is 18.7 Å². The molecule has 7 heteroatoms. The largest absolute Gasteiger partial charge is 0.435 e. The molecule has 0 bridgehead atoms. The van der Waals surface area contributed by atoms with E-state index in [2.05, 4.69) is 22.3 Å². The summed E-state index contributed by atoms with van der Waals surface area (Å²) in [5.41, 5.74) is 0.646. The van der Waals surface area contributed by atoms with Gasteiger partial charge in [-0.25, -0.2) is 4.79 Å². The van der Waals surface area contributed by atoms with Crippen LogP contribution in [-0.4, -0.2) is 30.8 Å². The Kier molecular flexibility index (Phi) is 5.76. The van der Waals surface area contributed by atoms with Gasteiger partial charge in [-0.15, -0.1) is 0 Å². The predicted molar refractivity (Wildman–Crippen MR) is 81.4 cm³/mol. The fourth-order valence-corrected chi connectivity index (χ4v) is 2.37. The molecule has 3 N–H and O–H groups in total. The first-order valence-electron chi connectivity index (χ1n) is 7.69. The van der Waals surface area contributed by atoms with Gasteiger partial charge in [-0.05, 0) is 42.4 Å². The zero-order valence-corrected chi connectivity index (χ0v) is 13.0. The van der Waals surface area contributed by atoms with E-state index >= 15 is 0 Å². The highest BCUT2D eigenvalue weighted by Gasteiger charge is 2.40. The summed E-state index contributed by atoms with van der Waals surface area (Å²) in [6.07, 6.45) is 2.29. The van der Waals surface area contributed by atoms with Gasteiger partial charge < -0.3 is 20.5 Å². The number of rotatable bonds is 8. The standard InChI is InChI=1S/C16H22F2N2O3/c1-2-16(6-7-16)10-20-15(22)19-9-13(21)11-4-3-5-12(8-11)23-14(17)18/h3-5,8,13-14,21H,2,6-7,9-10H2,1H3,(H2,19,20,22). The lowest BCUT2D eigenvalue weighted by molar-refractivity contribution is -0.0499. The number of halogens is 2. The Hall–Kier alpha value is -1.89. The molecule has 0 aliphatic heterocycles. The van der Waals surface area contributed by atoms with Crippen molar-refractivity contribution in [1.29, 1.82) is 0 Å². The Labute approximate surface area is 134 Å². The van der Waals surface area contributed by atoms with Crippen LogP contribution in [0.4, 0.5) is 13.6 Å². The van der Waals surface area contributed by atoms with Crippen LogP contribution >= 0.6 is 0 Å². The second-order valence-electron chi connectivity index (χ2n) is 5.88. The van der Waals surface area contributed by atoms with Gasteiger partial charge in [-0.3, -0.25) is 0 Å². The molecule has 5 nitrogen and oxygen atoms in total. The monoisotopic (exact) mass is 328 g/mol. The van der Waals surface area contributed by atoms with E-state index in [0.29, 0.717) is 12.1 Å². The summed E-state index contributed by atoms with van der Waals surface area (Å²) in [4.78, 5) is 11.7. The van der Waals surface area contributed by atoms with Crippen LogP contribution in [-0.2, 0) is 0 Å². The van der Waals surface area contributed by atoms with Gasteiger partial charge in [0.25, 0.3) is 0 Å². The topological polar surface area (TPSA) is 70.6 Å². The molecule has 0 spiro atoms. The lowest BCUT2D eigenvalue weighted by atomic mass is 10.0. The number of alkyl halides is 2. The van der Waals surface area contributed by atoms with Crippen molar-refractivity contribution in [3.8, 4) is 5.75 Å². The van der Waals surface area contributed by atoms with Crippen molar-refractivity contribution < 1.29 is 23.4 Å². The lowest BCUT2D eigenvalue weighted by Crippen LogP contribution is -2.40. The number of carbonyl (C=O) groups is 1. The number of aliphatic hydroxyl groups is 1. The van der Waals surface area contributed by atoms with E-state index < -0.39 is 12.7 Å². The predicted octanol–water partition coefficient (Wildman–Crippen LogP) is 2.81. The number of aliphatic hydroxyl groups excluding tert-OH is 1. The van der Waals surface area contributed by atoms with Gasteiger partial charge in [0.15, 0.2) is 0 Å². The third kappa shape index (κ3) is 5.35. The summed E-state index contributed by atoms with van der Waals surface area (Å²) in [6, 6.07) is 5.45. The number of hydrogen-bond acceptors (Lipinski definition) is 3. The molecule has 0 heterocycles. The molecule has 1 aliphatic rings. The van der Waals surface area contributed by atoms with Crippen molar-refractivity contribution in [1.82, 2.24) is 10.6 Å². The molecule has 1 fully saturated rings. The lowest BCUT2D eigenvalue weighted by Gasteiger charge is -2.16. The summed E-state index contributed by atoms with van der Waals surface area (Å²) in [6.45, 7) is -0.198. The average molecular weight is 328 g/mol. The average Bonchev–Trinajstić information content (AvgIpc) is 3.31. The van der Waals surface area contributed by atoms with E-state index in [1.54, 1.807) is 6.07 Å². The first-order valence-corrected chi connectivity index (χ1v) is 7.69. The zero-order valence-electron chi connectivity index (χ0n) is 13.0. The van der Waals surface area contributed by atoms with Gasteiger partial charge in [0.05, 0.1) is 6.10 Å². The molecule has 1 unspecified atom stereocenters. The Morgan fingerprint density at radius 1 is 1.39 bits per heavy atom. The first-order chi connectivity index (χ1) is 10.9. The summed E-state index contributed by atoms with van der Waals surface area (Å²) in [7, 11) is 0. The first kappa shape index (κ1) is 17.5. The molecule has 1 aromatic carbocycles.